The molecule has 0 radical (unpaired) electrons. The number of anilines is 1. The van der Waals surface area contributed by atoms with Crippen molar-refractivity contribution in [1.82, 2.24) is 20.4 Å². The number of allylic oxidation sites excluding steroid dienone is 1. The minimum atomic E-state index is -0.315. The molecule has 4 N–H and O–H groups in total. The monoisotopic (exact) mass is 352 g/mol. The van der Waals surface area contributed by atoms with Gasteiger partial charge in [-0.3, -0.25) is 5.41 Å². The van der Waals surface area contributed by atoms with Crippen molar-refractivity contribution in [2.24, 2.45) is 0 Å². The molecule has 0 bridgehead atoms. The van der Waals surface area contributed by atoms with Crippen molar-refractivity contribution in [3.05, 3.63) is 77.3 Å². The Morgan fingerprint density at radius 3 is 2.81 bits per heavy atom. The molecule has 0 amide bonds. The molecule has 26 heavy (non-hydrogen) atoms. The number of hydrogen-bond donors (Lipinski definition) is 3. The highest BCUT2D eigenvalue weighted by Crippen LogP contribution is 2.13. The van der Waals surface area contributed by atoms with Gasteiger partial charge in [-0.1, -0.05) is 23.4 Å². The van der Waals surface area contributed by atoms with E-state index in [0.717, 1.165) is 0 Å². The maximum atomic E-state index is 13.8. The zero-order valence-corrected chi connectivity index (χ0v) is 14.0. The summed E-state index contributed by atoms with van der Waals surface area (Å²) in [7, 11) is 0. The van der Waals surface area contributed by atoms with Crippen molar-refractivity contribution in [3.8, 4) is 0 Å². The Morgan fingerprint density at radius 1 is 1.31 bits per heavy atom. The molecule has 0 atom stereocenters. The van der Waals surface area contributed by atoms with Crippen LogP contribution in [0.2, 0.25) is 0 Å². The third-order valence-electron chi connectivity index (χ3n) is 3.54. The van der Waals surface area contributed by atoms with Crippen molar-refractivity contribution in [3.63, 3.8) is 0 Å². The van der Waals surface area contributed by atoms with Crippen LogP contribution < -0.4 is 11.1 Å². The van der Waals surface area contributed by atoms with Crippen LogP contribution in [-0.2, 0) is 6.54 Å². The Bertz CT molecular complexity index is 932. The molecular formula is C18H17FN6O. The van der Waals surface area contributed by atoms with E-state index < -0.39 is 0 Å². The van der Waals surface area contributed by atoms with Crippen LogP contribution in [0, 0.1) is 18.2 Å². The lowest BCUT2D eigenvalue weighted by molar-refractivity contribution is 0.417. The second-order valence-corrected chi connectivity index (χ2v) is 5.56. The predicted octanol–water partition coefficient (Wildman–Crippen LogP) is 2.69. The van der Waals surface area contributed by atoms with E-state index in [4.69, 9.17) is 15.7 Å². The Labute approximate surface area is 149 Å². The molecule has 0 saturated heterocycles. The Kier molecular flexibility index (Phi) is 5.02. The van der Waals surface area contributed by atoms with E-state index in [1.54, 1.807) is 37.3 Å². The normalized spacial score (nSPS) is 11.4. The molecule has 0 aliphatic rings. The van der Waals surface area contributed by atoms with Crippen LogP contribution in [0.1, 0.15) is 22.8 Å². The molecule has 132 valence electrons. The summed E-state index contributed by atoms with van der Waals surface area (Å²) in [4.78, 5) is 8.28. The summed E-state index contributed by atoms with van der Waals surface area (Å²) in [5.41, 5.74) is 7.87. The number of nitrogens with two attached hydrogens (primary N) is 1. The highest BCUT2D eigenvalue weighted by atomic mass is 19.1. The fraction of sp³-hybridized carbons (Fsp3) is 0.111. The molecule has 1 aromatic carbocycles. The van der Waals surface area contributed by atoms with Gasteiger partial charge in [-0.15, -0.1) is 0 Å². The van der Waals surface area contributed by atoms with Crippen LogP contribution in [0.5, 0.6) is 0 Å². The van der Waals surface area contributed by atoms with E-state index in [1.165, 1.54) is 18.4 Å². The summed E-state index contributed by atoms with van der Waals surface area (Å²) in [6, 6.07) is 9.71. The second-order valence-electron chi connectivity index (χ2n) is 5.56. The third kappa shape index (κ3) is 4.10. The van der Waals surface area contributed by atoms with Crippen molar-refractivity contribution < 1.29 is 8.91 Å². The highest BCUT2D eigenvalue weighted by Gasteiger charge is 2.11. The maximum Gasteiger partial charge on any atom is 0.179 e. The first kappa shape index (κ1) is 17.3. The molecule has 0 unspecified atom stereocenters. The Balaban J connectivity index is 1.87. The molecule has 2 heterocycles. The second kappa shape index (κ2) is 7.56. The van der Waals surface area contributed by atoms with Crippen LogP contribution in [0.4, 0.5) is 10.2 Å². The fourth-order valence-corrected chi connectivity index (χ4v) is 2.32. The quantitative estimate of drug-likeness (QED) is 0.588. The lowest BCUT2D eigenvalue weighted by Gasteiger charge is -2.10. The van der Waals surface area contributed by atoms with Gasteiger partial charge in [0.25, 0.3) is 0 Å². The standard InChI is InChI=1S/C18H17FN6O/c1-11-8-17(21)24-18(23-11)14(20)9-16(15-6-7-26-25-15)22-10-12-4-2-3-5-13(12)19/h2-9,20,22H,10H2,1H3,(H2,21,23,24)/b16-9-,20-14?. The molecule has 3 aromatic rings. The number of nitrogen functional groups attached to an aromatic ring is 1. The SMILES string of the molecule is Cc1cc(N)nc(C(=N)/C=C(\NCc2ccccc2F)c2ccon2)n1. The lowest BCUT2D eigenvalue weighted by Crippen LogP contribution is -2.16. The average molecular weight is 352 g/mol. The molecule has 8 heteroatoms. The summed E-state index contributed by atoms with van der Waals surface area (Å²) in [6.45, 7) is 1.99. The van der Waals surface area contributed by atoms with Crippen LogP contribution >= 0.6 is 0 Å². The van der Waals surface area contributed by atoms with Gasteiger partial charge >= 0.3 is 0 Å². The van der Waals surface area contributed by atoms with E-state index in [2.05, 4.69) is 20.4 Å². The van der Waals surface area contributed by atoms with Crippen LogP contribution in [0.25, 0.3) is 5.70 Å². The van der Waals surface area contributed by atoms with Crippen molar-refractivity contribution in [2.75, 3.05) is 5.73 Å². The predicted molar refractivity (Wildman–Crippen MR) is 95.7 cm³/mol. The minimum Gasteiger partial charge on any atom is -0.384 e. The van der Waals surface area contributed by atoms with Crippen LogP contribution in [0.3, 0.4) is 0 Å². The molecule has 0 fully saturated rings. The molecule has 7 nitrogen and oxygen atoms in total. The van der Waals surface area contributed by atoms with Gasteiger partial charge in [-0.25, -0.2) is 14.4 Å². The molecule has 3 rings (SSSR count). The van der Waals surface area contributed by atoms with Crippen molar-refractivity contribution >= 4 is 17.2 Å². The van der Waals surface area contributed by atoms with Gasteiger partial charge in [0.2, 0.25) is 0 Å². The largest absolute Gasteiger partial charge is 0.384 e. The summed E-state index contributed by atoms with van der Waals surface area (Å²) in [5.74, 6) is 0.161. The van der Waals surface area contributed by atoms with Gasteiger partial charge in [0, 0.05) is 29.9 Å². The number of nitrogens with one attached hydrogen (secondary N) is 2. The van der Waals surface area contributed by atoms with E-state index in [0.29, 0.717) is 22.6 Å². The molecule has 0 spiro atoms. The highest BCUT2D eigenvalue weighted by molar-refractivity contribution is 6.07. The number of aryl methyl sites for hydroxylation is 1. The van der Waals surface area contributed by atoms with Gasteiger partial charge < -0.3 is 15.6 Å². The molecule has 2 aromatic heterocycles. The number of benzene rings is 1. The smallest absolute Gasteiger partial charge is 0.179 e. The Hall–Kier alpha value is -3.55. The van der Waals surface area contributed by atoms with Crippen LogP contribution in [-0.4, -0.2) is 20.8 Å². The van der Waals surface area contributed by atoms with E-state index in [-0.39, 0.29) is 29.7 Å². The maximum absolute atomic E-state index is 13.8. The number of aromatic nitrogens is 3. The third-order valence-corrected chi connectivity index (χ3v) is 3.54. The first-order valence-electron chi connectivity index (χ1n) is 7.83. The molecular weight excluding hydrogens is 335 g/mol. The van der Waals surface area contributed by atoms with E-state index in [1.807, 2.05) is 0 Å². The number of nitrogens with zero attached hydrogens (tertiary/aromatic N) is 3. The zero-order valence-electron chi connectivity index (χ0n) is 14.0. The van der Waals surface area contributed by atoms with E-state index >= 15 is 0 Å². The molecule has 0 aliphatic carbocycles. The fourth-order valence-electron chi connectivity index (χ4n) is 2.32. The summed E-state index contributed by atoms with van der Waals surface area (Å²) in [5, 5.41) is 15.2. The summed E-state index contributed by atoms with van der Waals surface area (Å²) in [6.07, 6.45) is 2.92. The van der Waals surface area contributed by atoms with Gasteiger partial charge in [0.1, 0.15) is 29.3 Å². The first-order valence-corrected chi connectivity index (χ1v) is 7.83. The van der Waals surface area contributed by atoms with Crippen LogP contribution in [0.15, 0.2) is 53.3 Å². The Morgan fingerprint density at radius 2 is 2.12 bits per heavy atom. The van der Waals surface area contributed by atoms with Gasteiger partial charge in [-0.05, 0) is 19.1 Å². The number of halogens is 1. The van der Waals surface area contributed by atoms with Gasteiger partial charge in [0.05, 0.1) is 5.70 Å². The first-order chi connectivity index (χ1) is 12.5. The molecule has 0 aliphatic heterocycles. The lowest BCUT2D eigenvalue weighted by atomic mass is 10.2. The zero-order chi connectivity index (χ0) is 18.5. The van der Waals surface area contributed by atoms with E-state index in [9.17, 15) is 4.39 Å². The summed E-state index contributed by atoms with van der Waals surface area (Å²) < 4.78 is 18.7. The van der Waals surface area contributed by atoms with Gasteiger partial charge in [-0.2, -0.15) is 0 Å². The summed E-state index contributed by atoms with van der Waals surface area (Å²) >= 11 is 0. The number of hydrogen-bond acceptors (Lipinski definition) is 7. The molecule has 0 saturated carbocycles. The topological polar surface area (TPSA) is 114 Å². The van der Waals surface area contributed by atoms with Crippen molar-refractivity contribution in [2.45, 2.75) is 13.5 Å². The van der Waals surface area contributed by atoms with Crippen molar-refractivity contribution in [1.29, 1.82) is 5.41 Å². The minimum absolute atomic E-state index is 0.0411. The number of rotatable bonds is 6. The van der Waals surface area contributed by atoms with Gasteiger partial charge in [0.15, 0.2) is 5.82 Å². The average Bonchev–Trinajstić information content (AvgIpc) is 3.13.